The third kappa shape index (κ3) is 2.35. The number of hydrogen-bond acceptors (Lipinski definition) is 3. The number of benzene rings is 1. The molecule has 90 valence electrons. The number of nitrogens with two attached hydrogens (primary N) is 1. The Labute approximate surface area is 122 Å². The topological polar surface area (TPSA) is 38.9 Å². The van der Waals surface area contributed by atoms with Crippen LogP contribution >= 0.6 is 57.7 Å². The van der Waals surface area contributed by atoms with Crippen LogP contribution in [0.5, 0.6) is 0 Å². The Kier molecular flexibility index (Phi) is 3.76. The highest BCUT2D eigenvalue weighted by Gasteiger charge is 2.19. The highest BCUT2D eigenvalue weighted by molar-refractivity contribution is 7.15. The van der Waals surface area contributed by atoms with E-state index in [4.69, 9.17) is 52.1 Å². The molecule has 0 fully saturated rings. The zero-order valence-corrected chi connectivity index (χ0v) is 12.4. The van der Waals surface area contributed by atoms with Gasteiger partial charge in [0.1, 0.15) is 0 Å². The summed E-state index contributed by atoms with van der Waals surface area (Å²) < 4.78 is 0. The summed E-state index contributed by atoms with van der Waals surface area (Å²) in [4.78, 5) is 5.12. The van der Waals surface area contributed by atoms with Crippen molar-refractivity contribution in [3.63, 3.8) is 0 Å². The summed E-state index contributed by atoms with van der Waals surface area (Å²) in [5.74, 6) is 0. The standard InChI is InChI=1S/C10H6Cl4N2S/c1-3-9(16-10(15)17-3)6-4(11)2-5(12)7(13)8(6)14/h2H,1H3,(H2,15,16). The molecule has 2 N–H and O–H groups in total. The average molecular weight is 328 g/mol. The first kappa shape index (κ1) is 13.2. The molecule has 1 aromatic carbocycles. The summed E-state index contributed by atoms with van der Waals surface area (Å²) in [5.41, 5.74) is 6.85. The van der Waals surface area contributed by atoms with Crippen molar-refractivity contribution in [2.75, 3.05) is 5.73 Å². The molecule has 0 aliphatic carbocycles. The van der Waals surface area contributed by atoms with Crippen LogP contribution in [0, 0.1) is 6.92 Å². The van der Waals surface area contributed by atoms with E-state index in [0.29, 0.717) is 26.4 Å². The van der Waals surface area contributed by atoms with Crippen LogP contribution in [0.4, 0.5) is 5.13 Å². The molecule has 0 amide bonds. The average Bonchev–Trinajstić information content (AvgIpc) is 2.55. The molecule has 0 unspecified atom stereocenters. The van der Waals surface area contributed by atoms with Gasteiger partial charge in [0.25, 0.3) is 0 Å². The first-order valence-corrected chi connectivity index (χ1v) is 6.81. The van der Waals surface area contributed by atoms with E-state index in [-0.39, 0.29) is 10.0 Å². The van der Waals surface area contributed by atoms with Gasteiger partial charge in [-0.25, -0.2) is 4.98 Å². The molecule has 0 saturated carbocycles. The lowest BCUT2D eigenvalue weighted by Crippen LogP contribution is -1.88. The van der Waals surface area contributed by atoms with Gasteiger partial charge in [-0.1, -0.05) is 46.4 Å². The fourth-order valence-electron chi connectivity index (χ4n) is 1.43. The van der Waals surface area contributed by atoms with Gasteiger partial charge in [0.15, 0.2) is 5.13 Å². The zero-order valence-electron chi connectivity index (χ0n) is 8.52. The highest BCUT2D eigenvalue weighted by atomic mass is 35.5. The van der Waals surface area contributed by atoms with Crippen molar-refractivity contribution in [2.24, 2.45) is 0 Å². The SMILES string of the molecule is Cc1sc(N)nc1-c1c(Cl)cc(Cl)c(Cl)c1Cl. The molecule has 7 heteroatoms. The van der Waals surface area contributed by atoms with Gasteiger partial charge in [-0.15, -0.1) is 11.3 Å². The maximum absolute atomic E-state index is 6.14. The molecule has 0 bridgehead atoms. The summed E-state index contributed by atoms with van der Waals surface area (Å²) in [6.45, 7) is 1.89. The smallest absolute Gasteiger partial charge is 0.180 e. The Morgan fingerprint density at radius 2 is 1.76 bits per heavy atom. The highest BCUT2D eigenvalue weighted by Crippen LogP contribution is 2.44. The van der Waals surface area contributed by atoms with Crippen molar-refractivity contribution in [3.05, 3.63) is 31.0 Å². The largest absolute Gasteiger partial charge is 0.375 e. The van der Waals surface area contributed by atoms with Crippen LogP contribution in [-0.4, -0.2) is 4.98 Å². The van der Waals surface area contributed by atoms with Gasteiger partial charge in [-0.2, -0.15) is 0 Å². The van der Waals surface area contributed by atoms with Gasteiger partial charge in [0.05, 0.1) is 25.8 Å². The number of rotatable bonds is 1. The fraction of sp³-hybridized carbons (Fsp3) is 0.100. The van der Waals surface area contributed by atoms with E-state index in [1.54, 1.807) is 6.07 Å². The Balaban J connectivity index is 2.76. The van der Waals surface area contributed by atoms with E-state index >= 15 is 0 Å². The quantitative estimate of drug-likeness (QED) is 0.569. The molecular weight excluding hydrogens is 322 g/mol. The van der Waals surface area contributed by atoms with Crippen molar-refractivity contribution in [1.82, 2.24) is 4.98 Å². The zero-order chi connectivity index (χ0) is 12.7. The monoisotopic (exact) mass is 326 g/mol. The number of halogens is 4. The van der Waals surface area contributed by atoms with Gasteiger partial charge >= 0.3 is 0 Å². The number of aromatic nitrogens is 1. The van der Waals surface area contributed by atoms with Crippen LogP contribution in [0.15, 0.2) is 6.07 Å². The first-order chi connectivity index (χ1) is 7.91. The minimum absolute atomic E-state index is 0.263. The fourth-order valence-corrected chi connectivity index (χ4v) is 3.22. The molecule has 0 aliphatic heterocycles. The van der Waals surface area contributed by atoms with Crippen LogP contribution in [0.1, 0.15) is 4.88 Å². The van der Waals surface area contributed by atoms with Crippen molar-refractivity contribution in [2.45, 2.75) is 6.92 Å². The molecule has 17 heavy (non-hydrogen) atoms. The minimum atomic E-state index is 0.263. The van der Waals surface area contributed by atoms with Crippen LogP contribution in [0.2, 0.25) is 20.1 Å². The normalized spacial score (nSPS) is 10.9. The second-order valence-electron chi connectivity index (χ2n) is 3.30. The second-order valence-corrected chi connectivity index (χ2v) is 6.11. The van der Waals surface area contributed by atoms with E-state index in [9.17, 15) is 0 Å². The first-order valence-electron chi connectivity index (χ1n) is 4.48. The number of thiazole rings is 1. The molecule has 0 aliphatic rings. The van der Waals surface area contributed by atoms with Gasteiger partial charge in [-0.05, 0) is 13.0 Å². The van der Waals surface area contributed by atoms with Crippen LogP contribution in [0.25, 0.3) is 11.3 Å². The lowest BCUT2D eigenvalue weighted by Gasteiger charge is -2.08. The van der Waals surface area contributed by atoms with E-state index in [1.807, 2.05) is 6.92 Å². The molecule has 1 aromatic heterocycles. The maximum Gasteiger partial charge on any atom is 0.180 e. The molecule has 2 nitrogen and oxygen atoms in total. The van der Waals surface area contributed by atoms with Gasteiger partial charge < -0.3 is 5.73 Å². The summed E-state index contributed by atoms with van der Waals surface area (Å²) in [7, 11) is 0. The predicted molar refractivity (Wildman–Crippen MR) is 76.7 cm³/mol. The molecular formula is C10H6Cl4N2S. The van der Waals surface area contributed by atoms with Crippen LogP contribution < -0.4 is 5.73 Å². The maximum atomic E-state index is 6.14. The van der Waals surface area contributed by atoms with Crippen molar-refractivity contribution >= 4 is 62.9 Å². The predicted octanol–water partition coefficient (Wildman–Crippen LogP) is 5.31. The molecule has 2 rings (SSSR count). The van der Waals surface area contributed by atoms with Gasteiger partial charge in [0.2, 0.25) is 0 Å². The number of hydrogen-bond donors (Lipinski definition) is 1. The Bertz CT molecular complexity index is 594. The lowest BCUT2D eigenvalue weighted by atomic mass is 10.1. The Morgan fingerprint density at radius 1 is 1.12 bits per heavy atom. The van der Waals surface area contributed by atoms with Crippen molar-refractivity contribution in [1.29, 1.82) is 0 Å². The van der Waals surface area contributed by atoms with E-state index in [2.05, 4.69) is 4.98 Å². The molecule has 1 heterocycles. The van der Waals surface area contributed by atoms with E-state index in [1.165, 1.54) is 11.3 Å². The minimum Gasteiger partial charge on any atom is -0.375 e. The second kappa shape index (κ2) is 4.82. The number of aryl methyl sites for hydroxylation is 1. The number of nitrogen functional groups attached to an aromatic ring is 1. The van der Waals surface area contributed by atoms with Crippen molar-refractivity contribution < 1.29 is 0 Å². The summed E-state index contributed by atoms with van der Waals surface area (Å²) in [6, 6.07) is 1.54. The molecule has 2 aromatic rings. The van der Waals surface area contributed by atoms with Gasteiger partial charge in [0, 0.05) is 10.4 Å². The molecule has 0 radical (unpaired) electrons. The number of anilines is 1. The third-order valence-corrected chi connectivity index (χ3v) is 4.52. The van der Waals surface area contributed by atoms with E-state index < -0.39 is 0 Å². The Hall–Kier alpha value is -0.190. The lowest BCUT2D eigenvalue weighted by molar-refractivity contribution is 1.38. The molecule has 0 atom stereocenters. The summed E-state index contributed by atoms with van der Waals surface area (Å²) >= 11 is 25.5. The van der Waals surface area contributed by atoms with Gasteiger partial charge in [-0.3, -0.25) is 0 Å². The van der Waals surface area contributed by atoms with E-state index in [0.717, 1.165) is 4.88 Å². The summed E-state index contributed by atoms with van der Waals surface area (Å²) in [6.07, 6.45) is 0. The molecule has 0 spiro atoms. The van der Waals surface area contributed by atoms with Crippen LogP contribution in [0.3, 0.4) is 0 Å². The Morgan fingerprint density at radius 3 is 2.29 bits per heavy atom. The number of nitrogens with zero attached hydrogens (tertiary/aromatic N) is 1. The summed E-state index contributed by atoms with van der Waals surface area (Å²) in [5, 5.41) is 1.72. The molecule has 0 saturated heterocycles. The van der Waals surface area contributed by atoms with Crippen LogP contribution in [-0.2, 0) is 0 Å². The van der Waals surface area contributed by atoms with Crippen molar-refractivity contribution in [3.8, 4) is 11.3 Å². The third-order valence-electron chi connectivity index (χ3n) is 2.16.